The van der Waals surface area contributed by atoms with Crippen LogP contribution in [0.5, 0.6) is 0 Å². The quantitative estimate of drug-likeness (QED) is 0.775. The molecule has 7 nitrogen and oxygen atoms in total. The molecule has 2 fully saturated rings. The maximum atomic E-state index is 12.3. The van der Waals surface area contributed by atoms with Crippen LogP contribution >= 0.6 is 0 Å². The summed E-state index contributed by atoms with van der Waals surface area (Å²) in [6.45, 7) is 10.7. The molecule has 2 saturated heterocycles. The number of hydrogen-bond donors (Lipinski definition) is 2. The van der Waals surface area contributed by atoms with Gasteiger partial charge in [0.15, 0.2) is 6.10 Å². The van der Waals surface area contributed by atoms with E-state index in [1.54, 1.807) is 4.90 Å². The Morgan fingerprint density at radius 2 is 1.91 bits per heavy atom. The van der Waals surface area contributed by atoms with Crippen molar-refractivity contribution in [3.05, 3.63) is 0 Å². The zero-order valence-corrected chi connectivity index (χ0v) is 14.5. The van der Waals surface area contributed by atoms with E-state index in [-0.39, 0.29) is 18.6 Å². The number of piperidine rings is 1. The van der Waals surface area contributed by atoms with Gasteiger partial charge in [-0.05, 0) is 25.2 Å². The van der Waals surface area contributed by atoms with Gasteiger partial charge in [0, 0.05) is 32.2 Å². The van der Waals surface area contributed by atoms with Crippen molar-refractivity contribution in [3.8, 4) is 0 Å². The predicted molar refractivity (Wildman–Crippen MR) is 87.9 cm³/mol. The fraction of sp³-hybridized carbons (Fsp3) is 0.875. The van der Waals surface area contributed by atoms with Gasteiger partial charge in [-0.3, -0.25) is 4.79 Å². The highest BCUT2D eigenvalue weighted by molar-refractivity contribution is 5.81. The van der Waals surface area contributed by atoms with Crippen LogP contribution in [0.4, 0.5) is 4.79 Å². The first-order valence-electron chi connectivity index (χ1n) is 8.53. The molecule has 7 heteroatoms. The highest BCUT2D eigenvalue weighted by Gasteiger charge is 2.29. The molecule has 4 unspecified atom stereocenters. The Morgan fingerprint density at radius 3 is 2.52 bits per heavy atom. The van der Waals surface area contributed by atoms with Gasteiger partial charge in [-0.2, -0.15) is 0 Å². The summed E-state index contributed by atoms with van der Waals surface area (Å²) in [5.41, 5.74) is 5.25. The van der Waals surface area contributed by atoms with E-state index in [1.165, 1.54) is 6.42 Å². The van der Waals surface area contributed by atoms with Crippen LogP contribution in [0.1, 0.15) is 27.2 Å². The molecule has 2 heterocycles. The lowest BCUT2D eigenvalue weighted by molar-refractivity contribution is -0.133. The maximum absolute atomic E-state index is 12.3. The molecular formula is C16H30N4O3. The van der Waals surface area contributed by atoms with E-state index in [0.717, 1.165) is 19.6 Å². The summed E-state index contributed by atoms with van der Waals surface area (Å²) < 4.78 is 5.27. The number of nitrogens with two attached hydrogens (primary N) is 1. The Balaban J connectivity index is 1.79. The van der Waals surface area contributed by atoms with Gasteiger partial charge < -0.3 is 25.6 Å². The van der Waals surface area contributed by atoms with Crippen molar-refractivity contribution >= 4 is 11.9 Å². The van der Waals surface area contributed by atoms with Crippen molar-refractivity contribution < 1.29 is 14.3 Å². The van der Waals surface area contributed by atoms with Crippen molar-refractivity contribution in [1.82, 2.24) is 15.1 Å². The van der Waals surface area contributed by atoms with Gasteiger partial charge in [0.2, 0.25) is 5.91 Å². The molecule has 2 aliphatic rings. The van der Waals surface area contributed by atoms with Crippen LogP contribution in [0.2, 0.25) is 0 Å². The Hall–Kier alpha value is -1.34. The minimum absolute atomic E-state index is 0.0647. The van der Waals surface area contributed by atoms with Crippen molar-refractivity contribution in [1.29, 1.82) is 0 Å². The number of amides is 3. The van der Waals surface area contributed by atoms with E-state index >= 15 is 0 Å². The van der Waals surface area contributed by atoms with Crippen LogP contribution < -0.4 is 11.1 Å². The molecule has 0 saturated carbocycles. The molecule has 2 rings (SSSR count). The van der Waals surface area contributed by atoms with E-state index in [2.05, 4.69) is 24.1 Å². The van der Waals surface area contributed by atoms with E-state index in [0.29, 0.717) is 25.0 Å². The zero-order chi connectivity index (χ0) is 17.0. The topological polar surface area (TPSA) is 87.9 Å². The monoisotopic (exact) mass is 326 g/mol. The summed E-state index contributed by atoms with van der Waals surface area (Å²) in [7, 11) is 0. The van der Waals surface area contributed by atoms with Gasteiger partial charge >= 0.3 is 6.03 Å². The number of nitrogens with one attached hydrogen (secondary N) is 1. The molecule has 0 aromatic heterocycles. The smallest absolute Gasteiger partial charge is 0.317 e. The summed E-state index contributed by atoms with van der Waals surface area (Å²) in [5.74, 6) is 0.890. The zero-order valence-electron chi connectivity index (χ0n) is 14.5. The fourth-order valence-electron chi connectivity index (χ4n) is 3.68. The number of rotatable bonds is 4. The summed E-state index contributed by atoms with van der Waals surface area (Å²) in [6, 6.07) is -0.0833. The summed E-state index contributed by atoms with van der Waals surface area (Å²) >= 11 is 0. The molecule has 0 spiro atoms. The second-order valence-corrected chi connectivity index (χ2v) is 7.22. The van der Waals surface area contributed by atoms with Gasteiger partial charge in [-0.25, -0.2) is 4.79 Å². The lowest BCUT2D eigenvalue weighted by Gasteiger charge is -2.37. The molecule has 23 heavy (non-hydrogen) atoms. The third kappa shape index (κ3) is 5.35. The Bertz CT molecular complexity index is 422. The van der Waals surface area contributed by atoms with Crippen molar-refractivity contribution in [2.45, 2.75) is 39.3 Å². The number of carbonyl (C=O) groups is 2. The van der Waals surface area contributed by atoms with Crippen LogP contribution in [-0.2, 0) is 9.53 Å². The Labute approximate surface area is 138 Å². The normalized spacial score (nSPS) is 30.7. The summed E-state index contributed by atoms with van der Waals surface area (Å²) in [6.07, 6.45) is 0.577. The lowest BCUT2D eigenvalue weighted by Crippen LogP contribution is -2.55. The van der Waals surface area contributed by atoms with Crippen molar-refractivity contribution in [2.75, 3.05) is 39.3 Å². The largest absolute Gasteiger partial charge is 0.367 e. The first-order chi connectivity index (χ1) is 10.8. The van der Waals surface area contributed by atoms with Gasteiger partial charge in [0.1, 0.15) is 0 Å². The first kappa shape index (κ1) is 18.0. The SMILES string of the molecule is CC1CC(C)CN(CC(C)NC(=O)N2CCOC(C(N)=O)C2)C1. The van der Waals surface area contributed by atoms with E-state index in [9.17, 15) is 9.59 Å². The maximum Gasteiger partial charge on any atom is 0.317 e. The van der Waals surface area contributed by atoms with Crippen LogP contribution in [0.3, 0.4) is 0 Å². The van der Waals surface area contributed by atoms with Gasteiger partial charge in [0.05, 0.1) is 13.2 Å². The third-order valence-corrected chi connectivity index (χ3v) is 4.52. The number of carbonyl (C=O) groups excluding carboxylic acids is 2. The average Bonchev–Trinajstić information content (AvgIpc) is 2.46. The van der Waals surface area contributed by atoms with Crippen molar-refractivity contribution in [2.24, 2.45) is 17.6 Å². The molecule has 0 aliphatic carbocycles. The molecule has 4 atom stereocenters. The number of primary amides is 1. The molecule has 0 aromatic rings. The predicted octanol–water partition coefficient (Wildman–Crippen LogP) is 0.249. The van der Waals surface area contributed by atoms with E-state index in [4.69, 9.17) is 10.5 Å². The molecule has 0 bridgehead atoms. The van der Waals surface area contributed by atoms with Crippen LogP contribution in [0.25, 0.3) is 0 Å². The number of likely N-dealkylation sites (tertiary alicyclic amines) is 1. The number of urea groups is 1. The molecule has 132 valence electrons. The van der Waals surface area contributed by atoms with Crippen LogP contribution in [0.15, 0.2) is 0 Å². The summed E-state index contributed by atoms with van der Waals surface area (Å²) in [4.78, 5) is 27.6. The first-order valence-corrected chi connectivity index (χ1v) is 8.53. The standard InChI is InChI=1S/C16H30N4O3/c1-11-6-12(2)8-19(7-11)9-13(3)18-16(22)20-4-5-23-14(10-20)15(17)21/h11-14H,4-10H2,1-3H3,(H2,17,21)(H,18,22). The molecule has 0 aromatic carbocycles. The minimum Gasteiger partial charge on any atom is -0.367 e. The molecule has 3 amide bonds. The highest BCUT2D eigenvalue weighted by atomic mass is 16.5. The minimum atomic E-state index is -0.700. The Morgan fingerprint density at radius 1 is 1.26 bits per heavy atom. The van der Waals surface area contributed by atoms with Gasteiger partial charge in [-0.1, -0.05) is 13.8 Å². The van der Waals surface area contributed by atoms with E-state index in [1.807, 2.05) is 6.92 Å². The van der Waals surface area contributed by atoms with Crippen LogP contribution in [0, 0.1) is 11.8 Å². The average molecular weight is 326 g/mol. The van der Waals surface area contributed by atoms with Gasteiger partial charge in [-0.15, -0.1) is 0 Å². The molecular weight excluding hydrogens is 296 g/mol. The summed E-state index contributed by atoms with van der Waals surface area (Å²) in [5, 5.41) is 3.02. The third-order valence-electron chi connectivity index (χ3n) is 4.52. The second kappa shape index (κ2) is 7.97. The van der Waals surface area contributed by atoms with Gasteiger partial charge in [0.25, 0.3) is 0 Å². The number of ether oxygens (including phenoxy) is 1. The van der Waals surface area contributed by atoms with Crippen molar-refractivity contribution in [3.63, 3.8) is 0 Å². The number of hydrogen-bond acceptors (Lipinski definition) is 4. The molecule has 2 aliphatic heterocycles. The lowest BCUT2D eigenvalue weighted by atomic mass is 9.92. The fourth-order valence-corrected chi connectivity index (χ4v) is 3.68. The van der Waals surface area contributed by atoms with E-state index < -0.39 is 12.0 Å². The Kier molecular flexibility index (Phi) is 6.24. The molecule has 3 N–H and O–H groups in total. The molecule has 0 radical (unpaired) electrons. The second-order valence-electron chi connectivity index (χ2n) is 7.22. The van der Waals surface area contributed by atoms with Crippen LogP contribution in [-0.4, -0.2) is 73.2 Å². The highest BCUT2D eigenvalue weighted by Crippen LogP contribution is 2.20. The number of nitrogens with zero attached hydrogens (tertiary/aromatic N) is 2. The number of morpholine rings is 1.